The molecule has 0 bridgehead atoms. The Labute approximate surface area is 86.9 Å². The van der Waals surface area contributed by atoms with Crippen molar-refractivity contribution in [2.24, 2.45) is 0 Å². The summed E-state index contributed by atoms with van der Waals surface area (Å²) in [6.07, 6.45) is -0.221. The van der Waals surface area contributed by atoms with Gasteiger partial charge in [-0.25, -0.2) is 4.39 Å². The second-order valence-corrected chi connectivity index (χ2v) is 3.17. The number of carbonyl (C=O) groups excluding carboxylic acids is 2. The van der Waals surface area contributed by atoms with Gasteiger partial charge >= 0.3 is 5.97 Å². The van der Waals surface area contributed by atoms with Gasteiger partial charge in [0.15, 0.2) is 0 Å². The normalized spacial score (nSPS) is 9.73. The highest BCUT2D eigenvalue weighted by molar-refractivity contribution is 5.94. The zero-order valence-corrected chi connectivity index (χ0v) is 8.33. The Bertz CT molecular complexity index is 357. The van der Waals surface area contributed by atoms with Gasteiger partial charge in [0.05, 0.1) is 0 Å². The Hall–Kier alpha value is -1.71. The van der Waals surface area contributed by atoms with Crippen molar-refractivity contribution < 1.29 is 18.7 Å². The zero-order chi connectivity index (χ0) is 11.3. The van der Waals surface area contributed by atoms with Crippen LogP contribution in [-0.4, -0.2) is 11.8 Å². The Kier molecular flexibility index (Phi) is 3.97. The van der Waals surface area contributed by atoms with Crippen LogP contribution in [0.3, 0.4) is 0 Å². The summed E-state index contributed by atoms with van der Waals surface area (Å²) in [5.74, 6) is -1.14. The minimum absolute atomic E-state index is 0.0619. The molecule has 1 rings (SSSR count). The third kappa shape index (κ3) is 4.35. The number of rotatable bonds is 4. The summed E-state index contributed by atoms with van der Waals surface area (Å²) in [6, 6.07) is 5.62. The zero-order valence-electron chi connectivity index (χ0n) is 8.33. The molecule has 0 fully saturated rings. The van der Waals surface area contributed by atoms with Crippen LogP contribution in [0.5, 0.6) is 0 Å². The second kappa shape index (κ2) is 5.24. The molecule has 0 aliphatic heterocycles. The smallest absolute Gasteiger partial charge is 0.313 e. The van der Waals surface area contributed by atoms with E-state index >= 15 is 0 Å². The van der Waals surface area contributed by atoms with E-state index in [0.717, 1.165) is 0 Å². The van der Waals surface area contributed by atoms with Crippen LogP contribution in [0.15, 0.2) is 24.3 Å². The lowest BCUT2D eigenvalue weighted by Gasteiger charge is -2.03. The summed E-state index contributed by atoms with van der Waals surface area (Å²) >= 11 is 0. The molecule has 15 heavy (non-hydrogen) atoms. The molecule has 0 heterocycles. The van der Waals surface area contributed by atoms with Gasteiger partial charge < -0.3 is 4.74 Å². The standard InChI is InChI=1S/C11H11FO3/c1-8(13)6-11(14)15-7-9-2-4-10(12)5-3-9/h2-5H,6-7H2,1H3. The summed E-state index contributed by atoms with van der Waals surface area (Å²) < 4.78 is 17.3. The van der Waals surface area contributed by atoms with Crippen LogP contribution in [0.1, 0.15) is 18.9 Å². The minimum atomic E-state index is -0.563. The van der Waals surface area contributed by atoms with Gasteiger partial charge in [-0.1, -0.05) is 12.1 Å². The van der Waals surface area contributed by atoms with E-state index in [4.69, 9.17) is 4.74 Å². The van der Waals surface area contributed by atoms with Crippen molar-refractivity contribution in [1.82, 2.24) is 0 Å². The number of Topliss-reactive ketones (excluding diaryl/α,β-unsaturated/α-hetero) is 1. The lowest BCUT2D eigenvalue weighted by atomic mass is 10.2. The number of esters is 1. The van der Waals surface area contributed by atoms with Crippen LogP contribution in [0.4, 0.5) is 4.39 Å². The molecular formula is C11H11FO3. The molecule has 4 heteroatoms. The lowest BCUT2D eigenvalue weighted by molar-refractivity contribution is -0.146. The fourth-order valence-electron chi connectivity index (χ4n) is 0.999. The first-order valence-corrected chi connectivity index (χ1v) is 4.47. The van der Waals surface area contributed by atoms with Crippen LogP contribution in [0.2, 0.25) is 0 Å². The van der Waals surface area contributed by atoms with Gasteiger partial charge in [-0.05, 0) is 24.6 Å². The number of ether oxygens (including phenoxy) is 1. The van der Waals surface area contributed by atoms with E-state index in [9.17, 15) is 14.0 Å². The van der Waals surface area contributed by atoms with E-state index in [1.54, 1.807) is 0 Å². The number of ketones is 1. The van der Waals surface area contributed by atoms with Crippen molar-refractivity contribution >= 4 is 11.8 Å². The lowest BCUT2D eigenvalue weighted by Crippen LogP contribution is -2.08. The average Bonchev–Trinajstić information content (AvgIpc) is 2.16. The molecule has 3 nitrogen and oxygen atoms in total. The average molecular weight is 210 g/mol. The molecule has 1 aromatic rings. The molecule has 0 aliphatic carbocycles. The summed E-state index contributed by atoms with van der Waals surface area (Å²) in [7, 11) is 0. The SMILES string of the molecule is CC(=O)CC(=O)OCc1ccc(F)cc1. The van der Waals surface area contributed by atoms with Gasteiger partial charge in [0.1, 0.15) is 24.6 Å². The van der Waals surface area contributed by atoms with E-state index in [1.165, 1.54) is 31.2 Å². The van der Waals surface area contributed by atoms with E-state index in [2.05, 4.69) is 0 Å². The molecule has 1 aromatic carbocycles. The predicted octanol–water partition coefficient (Wildman–Crippen LogP) is 1.85. The predicted molar refractivity (Wildman–Crippen MR) is 51.5 cm³/mol. The van der Waals surface area contributed by atoms with Gasteiger partial charge in [0.2, 0.25) is 0 Å². The number of benzene rings is 1. The highest BCUT2D eigenvalue weighted by atomic mass is 19.1. The maximum absolute atomic E-state index is 12.5. The number of carbonyl (C=O) groups is 2. The van der Waals surface area contributed by atoms with Crippen LogP contribution in [-0.2, 0) is 20.9 Å². The summed E-state index contributed by atoms with van der Waals surface area (Å²) in [6.45, 7) is 1.38. The van der Waals surface area contributed by atoms with Crippen LogP contribution >= 0.6 is 0 Å². The van der Waals surface area contributed by atoms with Crippen molar-refractivity contribution in [3.8, 4) is 0 Å². The number of hydrogen-bond acceptors (Lipinski definition) is 3. The molecule has 0 amide bonds. The summed E-state index contributed by atoms with van der Waals surface area (Å²) in [4.78, 5) is 21.5. The van der Waals surface area contributed by atoms with Crippen LogP contribution in [0.25, 0.3) is 0 Å². The molecule has 0 saturated carbocycles. The fraction of sp³-hybridized carbons (Fsp3) is 0.273. The highest BCUT2D eigenvalue weighted by Crippen LogP contribution is 2.04. The Morgan fingerprint density at radius 2 is 1.87 bits per heavy atom. The molecule has 0 atom stereocenters. The third-order valence-corrected chi connectivity index (χ3v) is 1.71. The van der Waals surface area contributed by atoms with Crippen molar-refractivity contribution in [3.05, 3.63) is 35.6 Å². The molecule has 0 N–H and O–H groups in total. The van der Waals surface area contributed by atoms with Crippen molar-refractivity contribution in [1.29, 1.82) is 0 Å². The van der Waals surface area contributed by atoms with E-state index in [1.807, 2.05) is 0 Å². The Morgan fingerprint density at radius 1 is 1.27 bits per heavy atom. The maximum Gasteiger partial charge on any atom is 0.313 e. The van der Waals surface area contributed by atoms with Crippen molar-refractivity contribution in [2.75, 3.05) is 0 Å². The minimum Gasteiger partial charge on any atom is -0.460 e. The summed E-state index contributed by atoms with van der Waals surface area (Å²) in [5, 5.41) is 0. The van der Waals surface area contributed by atoms with Gasteiger partial charge in [-0.3, -0.25) is 9.59 Å². The molecule has 0 spiro atoms. The van der Waals surface area contributed by atoms with E-state index in [-0.39, 0.29) is 24.6 Å². The van der Waals surface area contributed by atoms with Crippen LogP contribution in [0, 0.1) is 5.82 Å². The second-order valence-electron chi connectivity index (χ2n) is 3.17. The Balaban J connectivity index is 2.40. The first-order chi connectivity index (χ1) is 7.08. The quantitative estimate of drug-likeness (QED) is 0.562. The highest BCUT2D eigenvalue weighted by Gasteiger charge is 2.06. The van der Waals surface area contributed by atoms with Crippen molar-refractivity contribution in [3.63, 3.8) is 0 Å². The van der Waals surface area contributed by atoms with E-state index < -0.39 is 5.97 Å². The van der Waals surface area contributed by atoms with Gasteiger partial charge in [-0.2, -0.15) is 0 Å². The van der Waals surface area contributed by atoms with Gasteiger partial charge in [-0.15, -0.1) is 0 Å². The largest absolute Gasteiger partial charge is 0.460 e. The van der Waals surface area contributed by atoms with E-state index in [0.29, 0.717) is 5.56 Å². The molecule has 0 unspecified atom stereocenters. The summed E-state index contributed by atoms with van der Waals surface area (Å²) in [5.41, 5.74) is 0.688. The third-order valence-electron chi connectivity index (χ3n) is 1.71. The molecule has 0 radical (unpaired) electrons. The van der Waals surface area contributed by atoms with Gasteiger partial charge in [0, 0.05) is 0 Å². The van der Waals surface area contributed by atoms with Gasteiger partial charge in [0.25, 0.3) is 0 Å². The molecular weight excluding hydrogens is 199 g/mol. The fourth-order valence-corrected chi connectivity index (χ4v) is 0.999. The first kappa shape index (κ1) is 11.4. The number of halogens is 1. The first-order valence-electron chi connectivity index (χ1n) is 4.47. The Morgan fingerprint density at radius 3 is 2.40 bits per heavy atom. The molecule has 80 valence electrons. The maximum atomic E-state index is 12.5. The van der Waals surface area contributed by atoms with Crippen LogP contribution < -0.4 is 0 Å². The number of hydrogen-bond donors (Lipinski definition) is 0. The molecule has 0 aliphatic rings. The monoisotopic (exact) mass is 210 g/mol. The topological polar surface area (TPSA) is 43.4 Å². The van der Waals surface area contributed by atoms with Crippen molar-refractivity contribution in [2.45, 2.75) is 20.0 Å². The molecule has 0 saturated heterocycles. The molecule has 0 aromatic heterocycles.